The molecule has 1 fully saturated rings. The van der Waals surface area contributed by atoms with Gasteiger partial charge in [0.25, 0.3) is 0 Å². The number of ether oxygens (including phenoxy) is 1. The summed E-state index contributed by atoms with van der Waals surface area (Å²) in [6.45, 7) is 4.15. The molecule has 1 saturated heterocycles. The SMILES string of the molecule is COc1ccc(F)cc1NC(=O)Nc1ccc(N2CCN(C(=O)Nc3c(C)cccc3Cl)CC2)nc1. The summed E-state index contributed by atoms with van der Waals surface area (Å²) in [6, 6.07) is 12.1. The molecule has 4 amide bonds. The molecule has 0 bridgehead atoms. The number of rotatable bonds is 5. The van der Waals surface area contributed by atoms with Gasteiger partial charge in [-0.25, -0.2) is 19.0 Å². The number of carbonyl (C=O) groups excluding carboxylic acids is 2. The van der Waals surface area contributed by atoms with Crippen molar-refractivity contribution in [3.8, 4) is 5.75 Å². The van der Waals surface area contributed by atoms with Crippen LogP contribution in [0.3, 0.4) is 0 Å². The number of nitrogens with one attached hydrogen (secondary N) is 3. The van der Waals surface area contributed by atoms with Crippen LogP contribution in [0.5, 0.6) is 5.75 Å². The minimum absolute atomic E-state index is 0.195. The molecular weight excluding hydrogens is 487 g/mol. The predicted molar refractivity (Wildman–Crippen MR) is 139 cm³/mol. The average molecular weight is 513 g/mol. The van der Waals surface area contributed by atoms with Gasteiger partial charge in [0, 0.05) is 32.2 Å². The normalized spacial score (nSPS) is 13.2. The van der Waals surface area contributed by atoms with Crippen LogP contribution >= 0.6 is 11.6 Å². The van der Waals surface area contributed by atoms with Crippen LogP contribution in [-0.4, -0.2) is 55.2 Å². The number of nitrogens with zero attached hydrogens (tertiary/aromatic N) is 3. The summed E-state index contributed by atoms with van der Waals surface area (Å²) >= 11 is 6.22. The van der Waals surface area contributed by atoms with E-state index in [9.17, 15) is 14.0 Å². The molecule has 36 heavy (non-hydrogen) atoms. The van der Waals surface area contributed by atoms with Gasteiger partial charge in [-0.2, -0.15) is 0 Å². The second-order valence-corrected chi connectivity index (χ2v) is 8.57. The number of amides is 4. The highest BCUT2D eigenvalue weighted by molar-refractivity contribution is 6.33. The molecule has 1 aromatic heterocycles. The molecule has 1 aliphatic rings. The number of benzene rings is 2. The van der Waals surface area contributed by atoms with Crippen molar-refractivity contribution in [2.45, 2.75) is 6.92 Å². The van der Waals surface area contributed by atoms with Crippen molar-refractivity contribution in [3.63, 3.8) is 0 Å². The summed E-state index contributed by atoms with van der Waals surface area (Å²) in [7, 11) is 1.44. The molecular formula is C25H26ClFN6O3. The van der Waals surface area contributed by atoms with Gasteiger partial charge in [0.15, 0.2) is 0 Å². The van der Waals surface area contributed by atoms with E-state index in [1.165, 1.54) is 31.5 Å². The van der Waals surface area contributed by atoms with Crippen molar-refractivity contribution in [2.24, 2.45) is 0 Å². The number of halogens is 2. The lowest BCUT2D eigenvalue weighted by atomic mass is 10.2. The van der Waals surface area contributed by atoms with Gasteiger partial charge in [-0.15, -0.1) is 0 Å². The fourth-order valence-corrected chi connectivity index (χ4v) is 4.09. The van der Waals surface area contributed by atoms with Gasteiger partial charge in [0.2, 0.25) is 0 Å². The monoisotopic (exact) mass is 512 g/mol. The Hall–Kier alpha value is -4.05. The van der Waals surface area contributed by atoms with E-state index in [0.717, 1.165) is 11.4 Å². The van der Waals surface area contributed by atoms with Crippen molar-refractivity contribution in [1.29, 1.82) is 0 Å². The molecule has 2 aromatic carbocycles. The van der Waals surface area contributed by atoms with Crippen molar-refractivity contribution < 1.29 is 18.7 Å². The van der Waals surface area contributed by atoms with Crippen molar-refractivity contribution in [2.75, 3.05) is 54.1 Å². The summed E-state index contributed by atoms with van der Waals surface area (Å²) in [5.41, 5.74) is 2.21. The van der Waals surface area contributed by atoms with E-state index in [1.54, 1.807) is 23.1 Å². The minimum atomic E-state index is -0.554. The lowest BCUT2D eigenvalue weighted by Gasteiger charge is -2.35. The molecule has 2 heterocycles. The standard InChI is InChI=1S/C25H26ClFN6O3/c1-16-4-3-5-19(26)23(16)31-25(35)33-12-10-32(11-13-33)22-9-7-18(15-28-22)29-24(34)30-20-14-17(27)6-8-21(20)36-2/h3-9,14-15H,10-13H2,1-2H3,(H,31,35)(H2,29,30,34). The maximum atomic E-state index is 13.5. The number of hydrogen-bond acceptors (Lipinski definition) is 5. The number of aromatic nitrogens is 1. The van der Waals surface area contributed by atoms with Gasteiger partial charge in [-0.05, 0) is 42.8 Å². The van der Waals surface area contributed by atoms with Crippen molar-refractivity contribution in [3.05, 3.63) is 71.1 Å². The first-order valence-corrected chi connectivity index (χ1v) is 11.7. The fraction of sp³-hybridized carbons (Fsp3) is 0.240. The molecule has 0 saturated carbocycles. The predicted octanol–water partition coefficient (Wildman–Crippen LogP) is 5.19. The first kappa shape index (κ1) is 25.1. The van der Waals surface area contributed by atoms with E-state index in [2.05, 4.69) is 25.8 Å². The Kier molecular flexibility index (Phi) is 7.74. The quantitative estimate of drug-likeness (QED) is 0.437. The molecule has 3 N–H and O–H groups in total. The molecule has 1 aliphatic heterocycles. The van der Waals surface area contributed by atoms with Crippen LogP contribution in [0.4, 0.5) is 36.9 Å². The summed E-state index contributed by atoms with van der Waals surface area (Å²) in [6.07, 6.45) is 1.54. The number of pyridine rings is 1. The zero-order chi connectivity index (χ0) is 25.7. The first-order chi connectivity index (χ1) is 17.3. The van der Waals surface area contributed by atoms with Crippen molar-refractivity contribution in [1.82, 2.24) is 9.88 Å². The van der Waals surface area contributed by atoms with E-state index < -0.39 is 11.8 Å². The Morgan fingerprint density at radius 1 is 1.03 bits per heavy atom. The summed E-state index contributed by atoms with van der Waals surface area (Å²) in [5, 5.41) is 8.63. The molecule has 9 nitrogen and oxygen atoms in total. The molecule has 0 aliphatic carbocycles. The van der Waals surface area contributed by atoms with E-state index >= 15 is 0 Å². The second kappa shape index (κ2) is 11.1. The summed E-state index contributed by atoms with van der Waals surface area (Å²) < 4.78 is 18.6. The van der Waals surface area contributed by atoms with E-state index in [4.69, 9.17) is 16.3 Å². The van der Waals surface area contributed by atoms with Crippen LogP contribution in [-0.2, 0) is 0 Å². The van der Waals surface area contributed by atoms with Gasteiger partial charge in [-0.1, -0.05) is 23.7 Å². The van der Waals surface area contributed by atoms with Crippen molar-refractivity contribution >= 4 is 46.5 Å². The second-order valence-electron chi connectivity index (χ2n) is 8.16. The fourth-order valence-electron chi connectivity index (χ4n) is 3.82. The van der Waals surface area contributed by atoms with E-state index in [1.807, 2.05) is 19.1 Å². The lowest BCUT2D eigenvalue weighted by Crippen LogP contribution is -2.50. The summed E-state index contributed by atoms with van der Waals surface area (Å²) in [5.74, 6) is 0.582. The highest BCUT2D eigenvalue weighted by Gasteiger charge is 2.23. The maximum Gasteiger partial charge on any atom is 0.323 e. The van der Waals surface area contributed by atoms with Gasteiger partial charge >= 0.3 is 12.1 Å². The highest BCUT2D eigenvalue weighted by Crippen LogP contribution is 2.27. The van der Waals surface area contributed by atoms with Crippen LogP contribution in [0.2, 0.25) is 5.02 Å². The minimum Gasteiger partial charge on any atom is -0.495 e. The van der Waals surface area contributed by atoms with Crippen LogP contribution < -0.4 is 25.6 Å². The number of urea groups is 2. The zero-order valence-corrected chi connectivity index (χ0v) is 20.6. The smallest absolute Gasteiger partial charge is 0.323 e. The Bertz CT molecular complexity index is 1230. The maximum absolute atomic E-state index is 13.5. The molecule has 0 unspecified atom stereocenters. The van der Waals surface area contributed by atoms with Crippen LogP contribution in [0.15, 0.2) is 54.7 Å². The van der Waals surface area contributed by atoms with E-state index in [-0.39, 0.29) is 11.7 Å². The molecule has 188 valence electrons. The largest absolute Gasteiger partial charge is 0.495 e. The number of methoxy groups -OCH3 is 1. The van der Waals surface area contributed by atoms with E-state index in [0.29, 0.717) is 48.3 Å². The number of carbonyl (C=O) groups is 2. The van der Waals surface area contributed by atoms with Gasteiger partial charge in [0.05, 0.1) is 35.4 Å². The van der Waals surface area contributed by atoms with Gasteiger partial charge in [0.1, 0.15) is 17.4 Å². The van der Waals surface area contributed by atoms with Crippen LogP contribution in [0.1, 0.15) is 5.56 Å². The van der Waals surface area contributed by atoms with Gasteiger partial charge < -0.3 is 30.5 Å². The van der Waals surface area contributed by atoms with Crippen LogP contribution in [0.25, 0.3) is 0 Å². The number of para-hydroxylation sites is 1. The Morgan fingerprint density at radius 3 is 2.47 bits per heavy atom. The zero-order valence-electron chi connectivity index (χ0n) is 19.8. The third-order valence-corrected chi connectivity index (χ3v) is 6.08. The van der Waals surface area contributed by atoms with Gasteiger partial charge in [-0.3, -0.25) is 0 Å². The third kappa shape index (κ3) is 5.95. The number of piperazine rings is 1. The topological polar surface area (TPSA) is 98.8 Å². The molecule has 0 atom stereocenters. The Labute approximate surface area is 213 Å². The third-order valence-electron chi connectivity index (χ3n) is 5.76. The molecule has 4 rings (SSSR count). The lowest BCUT2D eigenvalue weighted by molar-refractivity contribution is 0.208. The molecule has 0 spiro atoms. The highest BCUT2D eigenvalue weighted by atomic mass is 35.5. The number of hydrogen-bond donors (Lipinski definition) is 3. The summed E-state index contributed by atoms with van der Waals surface area (Å²) in [4.78, 5) is 33.3. The Balaban J connectivity index is 1.29. The number of aryl methyl sites for hydroxylation is 1. The number of anilines is 4. The molecule has 3 aromatic rings. The Morgan fingerprint density at radius 2 is 1.81 bits per heavy atom. The molecule has 11 heteroatoms. The molecule has 0 radical (unpaired) electrons. The first-order valence-electron chi connectivity index (χ1n) is 11.3. The average Bonchev–Trinajstić information content (AvgIpc) is 2.87. The van der Waals surface area contributed by atoms with Crippen LogP contribution in [0, 0.1) is 12.7 Å².